The summed E-state index contributed by atoms with van der Waals surface area (Å²) in [4.78, 5) is 0. The first-order valence-electron chi connectivity index (χ1n) is 4.44. The van der Waals surface area contributed by atoms with Crippen LogP contribution in [-0.2, 0) is 9.47 Å². The lowest BCUT2D eigenvalue weighted by atomic mass is 10.1. The van der Waals surface area contributed by atoms with Gasteiger partial charge in [0.15, 0.2) is 0 Å². The first-order chi connectivity index (χ1) is 5.86. The maximum absolute atomic E-state index is 5.63. The quantitative estimate of drug-likeness (QED) is 0.558. The van der Waals surface area contributed by atoms with Crippen molar-refractivity contribution in [2.75, 3.05) is 27.3 Å². The van der Waals surface area contributed by atoms with Gasteiger partial charge in [-0.15, -0.1) is 0 Å². The number of nitrogens with one attached hydrogen (secondary N) is 2. The smallest absolute Gasteiger partial charge is 0.103 e. The van der Waals surface area contributed by atoms with Crippen molar-refractivity contribution >= 4 is 0 Å². The Kier molecular flexibility index (Phi) is 2.32. The molecule has 0 saturated carbocycles. The van der Waals surface area contributed by atoms with Crippen LogP contribution in [0, 0.1) is 0 Å². The van der Waals surface area contributed by atoms with Crippen molar-refractivity contribution in [1.29, 1.82) is 0 Å². The van der Waals surface area contributed by atoms with Gasteiger partial charge in [0.05, 0.1) is 25.3 Å². The summed E-state index contributed by atoms with van der Waals surface area (Å²) in [5.74, 6) is 0. The molecule has 0 bridgehead atoms. The third-order valence-corrected chi connectivity index (χ3v) is 2.79. The van der Waals surface area contributed by atoms with E-state index >= 15 is 0 Å². The number of fused-ring (bicyclic) bond motifs is 1. The molecule has 12 heavy (non-hydrogen) atoms. The van der Waals surface area contributed by atoms with Crippen LogP contribution < -0.4 is 10.6 Å². The molecular weight excluding hydrogens is 156 g/mol. The number of likely N-dealkylation sites (N-methyl/N-ethyl adjacent to an activating group) is 2. The molecule has 0 aromatic carbocycles. The topological polar surface area (TPSA) is 42.5 Å². The zero-order valence-corrected chi connectivity index (χ0v) is 7.54. The lowest BCUT2D eigenvalue weighted by molar-refractivity contribution is 0.0664. The Morgan fingerprint density at radius 2 is 1.33 bits per heavy atom. The predicted octanol–water partition coefficient (Wildman–Crippen LogP) is -1.04. The average Bonchev–Trinajstić information content (AvgIpc) is 2.62. The molecule has 2 N–H and O–H groups in total. The SMILES string of the molecule is CNC1CO[C@H]2[C@@H]1OC[C@H]2NC. The molecule has 2 saturated heterocycles. The lowest BCUT2D eigenvalue weighted by Crippen LogP contribution is -2.41. The van der Waals surface area contributed by atoms with E-state index in [0.717, 1.165) is 13.2 Å². The van der Waals surface area contributed by atoms with Crippen LogP contribution >= 0.6 is 0 Å². The Morgan fingerprint density at radius 3 is 1.67 bits per heavy atom. The van der Waals surface area contributed by atoms with E-state index in [-0.39, 0.29) is 12.2 Å². The van der Waals surface area contributed by atoms with Crippen molar-refractivity contribution < 1.29 is 9.47 Å². The normalized spacial score (nSPS) is 46.5. The summed E-state index contributed by atoms with van der Waals surface area (Å²) in [7, 11) is 3.90. The molecule has 0 spiro atoms. The first kappa shape index (κ1) is 8.44. The number of hydrogen-bond donors (Lipinski definition) is 2. The Bertz CT molecular complexity index is 147. The number of hydrogen-bond acceptors (Lipinski definition) is 4. The van der Waals surface area contributed by atoms with Gasteiger partial charge in [-0.05, 0) is 14.1 Å². The zero-order valence-electron chi connectivity index (χ0n) is 7.54. The Morgan fingerprint density at radius 1 is 0.917 bits per heavy atom. The van der Waals surface area contributed by atoms with Crippen LogP contribution in [0.3, 0.4) is 0 Å². The molecule has 0 amide bonds. The Labute approximate surface area is 72.6 Å². The Balaban J connectivity index is 2.01. The number of ether oxygens (including phenoxy) is 2. The maximum atomic E-state index is 5.63. The van der Waals surface area contributed by atoms with Crippen molar-refractivity contribution in [2.24, 2.45) is 0 Å². The fourth-order valence-electron chi connectivity index (χ4n) is 1.99. The van der Waals surface area contributed by atoms with E-state index in [1.165, 1.54) is 0 Å². The van der Waals surface area contributed by atoms with Gasteiger partial charge in [0.1, 0.15) is 12.2 Å². The van der Waals surface area contributed by atoms with Crippen LogP contribution in [-0.4, -0.2) is 51.6 Å². The maximum Gasteiger partial charge on any atom is 0.103 e. The predicted molar refractivity (Wildman–Crippen MR) is 45.2 cm³/mol. The van der Waals surface area contributed by atoms with Gasteiger partial charge in [-0.3, -0.25) is 0 Å². The monoisotopic (exact) mass is 172 g/mol. The van der Waals surface area contributed by atoms with E-state index in [2.05, 4.69) is 10.6 Å². The van der Waals surface area contributed by atoms with Gasteiger partial charge in [0, 0.05) is 0 Å². The van der Waals surface area contributed by atoms with Crippen LogP contribution in [0.1, 0.15) is 0 Å². The fraction of sp³-hybridized carbons (Fsp3) is 1.00. The summed E-state index contributed by atoms with van der Waals surface area (Å²) in [5.41, 5.74) is 0. The minimum Gasteiger partial charge on any atom is -0.372 e. The van der Waals surface area contributed by atoms with Crippen LogP contribution in [0.25, 0.3) is 0 Å². The van der Waals surface area contributed by atoms with Gasteiger partial charge >= 0.3 is 0 Å². The van der Waals surface area contributed by atoms with Crippen LogP contribution in [0.5, 0.6) is 0 Å². The van der Waals surface area contributed by atoms with Gasteiger partial charge in [0.2, 0.25) is 0 Å². The highest BCUT2D eigenvalue weighted by Gasteiger charge is 2.46. The second kappa shape index (κ2) is 3.30. The molecule has 2 heterocycles. The van der Waals surface area contributed by atoms with E-state index in [9.17, 15) is 0 Å². The van der Waals surface area contributed by atoms with Crippen molar-refractivity contribution in [2.45, 2.75) is 24.3 Å². The van der Waals surface area contributed by atoms with E-state index < -0.39 is 0 Å². The molecular formula is C8H16N2O2. The number of rotatable bonds is 2. The van der Waals surface area contributed by atoms with Gasteiger partial charge in [-0.2, -0.15) is 0 Å². The summed E-state index contributed by atoms with van der Waals surface area (Å²) in [6.07, 6.45) is 0.486. The van der Waals surface area contributed by atoms with Crippen molar-refractivity contribution in [3.8, 4) is 0 Å². The summed E-state index contributed by atoms with van der Waals surface area (Å²) < 4.78 is 11.3. The molecule has 2 rings (SSSR count). The third-order valence-electron chi connectivity index (χ3n) is 2.79. The largest absolute Gasteiger partial charge is 0.372 e. The van der Waals surface area contributed by atoms with Gasteiger partial charge in [0.25, 0.3) is 0 Å². The van der Waals surface area contributed by atoms with E-state index in [1.54, 1.807) is 0 Å². The second-order valence-corrected chi connectivity index (χ2v) is 3.39. The molecule has 1 unspecified atom stereocenters. The minimum atomic E-state index is 0.243. The molecule has 4 atom stereocenters. The summed E-state index contributed by atoms with van der Waals surface area (Å²) in [6, 6.07) is 0.738. The summed E-state index contributed by atoms with van der Waals surface area (Å²) in [5, 5.41) is 6.40. The molecule has 0 aromatic heterocycles. The van der Waals surface area contributed by atoms with Gasteiger partial charge in [-0.25, -0.2) is 0 Å². The molecule has 70 valence electrons. The molecule has 4 heteroatoms. The molecule has 2 fully saturated rings. The highest BCUT2D eigenvalue weighted by Crippen LogP contribution is 2.26. The van der Waals surface area contributed by atoms with Gasteiger partial charge < -0.3 is 20.1 Å². The van der Waals surface area contributed by atoms with Crippen molar-refractivity contribution in [3.63, 3.8) is 0 Å². The highest BCUT2D eigenvalue weighted by atomic mass is 16.6. The Hall–Kier alpha value is -0.160. The zero-order chi connectivity index (χ0) is 8.55. The molecule has 0 aromatic rings. The van der Waals surface area contributed by atoms with Gasteiger partial charge in [-0.1, -0.05) is 0 Å². The minimum absolute atomic E-state index is 0.243. The standard InChI is InChI=1S/C8H16N2O2/c1-9-5-3-11-8-6(10-2)4-12-7(5)8/h5-10H,3-4H2,1-2H3/t5-,6?,7-,8-/m1/s1. The molecule has 4 nitrogen and oxygen atoms in total. The van der Waals surface area contributed by atoms with Crippen LogP contribution in [0.15, 0.2) is 0 Å². The summed E-state index contributed by atoms with van der Waals surface area (Å²) >= 11 is 0. The second-order valence-electron chi connectivity index (χ2n) is 3.39. The van der Waals surface area contributed by atoms with Crippen molar-refractivity contribution in [1.82, 2.24) is 10.6 Å². The van der Waals surface area contributed by atoms with Crippen LogP contribution in [0.4, 0.5) is 0 Å². The fourth-order valence-corrected chi connectivity index (χ4v) is 1.99. The van der Waals surface area contributed by atoms with E-state index in [4.69, 9.17) is 9.47 Å². The molecule has 2 aliphatic rings. The van der Waals surface area contributed by atoms with E-state index in [0.29, 0.717) is 12.1 Å². The van der Waals surface area contributed by atoms with E-state index in [1.807, 2.05) is 14.1 Å². The molecule has 0 radical (unpaired) electrons. The summed E-state index contributed by atoms with van der Waals surface area (Å²) in [6.45, 7) is 1.54. The molecule has 0 aliphatic carbocycles. The average molecular weight is 172 g/mol. The van der Waals surface area contributed by atoms with Crippen LogP contribution in [0.2, 0.25) is 0 Å². The molecule has 2 aliphatic heterocycles. The first-order valence-corrected chi connectivity index (χ1v) is 4.44. The third kappa shape index (κ3) is 1.15. The lowest BCUT2D eigenvalue weighted by Gasteiger charge is -2.15. The highest BCUT2D eigenvalue weighted by molar-refractivity contribution is 4.99. The van der Waals surface area contributed by atoms with Crippen molar-refractivity contribution in [3.05, 3.63) is 0 Å².